The molecule has 3 aromatic rings. The third-order valence-corrected chi connectivity index (χ3v) is 5.80. The van der Waals surface area contributed by atoms with E-state index in [2.05, 4.69) is 65.1 Å². The summed E-state index contributed by atoms with van der Waals surface area (Å²) in [6.07, 6.45) is 5.48. The van der Waals surface area contributed by atoms with Crippen LogP contribution in [0, 0.1) is 0 Å². The van der Waals surface area contributed by atoms with Gasteiger partial charge in [0.05, 0.1) is 17.7 Å². The first-order chi connectivity index (χ1) is 14.1. The number of rotatable bonds is 4. The molecule has 4 rings (SSSR count). The van der Waals surface area contributed by atoms with Crippen LogP contribution in [0.1, 0.15) is 40.5 Å². The molecule has 0 atom stereocenters. The van der Waals surface area contributed by atoms with Crippen LogP contribution in [0.3, 0.4) is 0 Å². The number of nitrogens with zero attached hydrogens (tertiary/aromatic N) is 4. The van der Waals surface area contributed by atoms with E-state index >= 15 is 0 Å². The van der Waals surface area contributed by atoms with Gasteiger partial charge in [-0.1, -0.05) is 6.07 Å². The minimum atomic E-state index is 0.0654. The molecule has 0 saturated carbocycles. The SMILES string of the molecule is CN(c1ccc(-c2ccc(-c3c[nH]cn3)cc2O)nn1)C1CC(C)(C)NC(C)(C)C1. The Labute approximate surface area is 177 Å². The highest BCUT2D eigenvalue weighted by Gasteiger charge is 2.39. The Kier molecular flexibility index (Phi) is 5.02. The fourth-order valence-corrected chi connectivity index (χ4v) is 4.71. The van der Waals surface area contributed by atoms with Crippen molar-refractivity contribution in [3.05, 3.63) is 42.9 Å². The molecular formula is C23H30N6O. The highest BCUT2D eigenvalue weighted by atomic mass is 16.3. The molecule has 2 aromatic heterocycles. The largest absolute Gasteiger partial charge is 0.507 e. The van der Waals surface area contributed by atoms with Gasteiger partial charge in [-0.15, -0.1) is 10.2 Å². The van der Waals surface area contributed by atoms with Gasteiger partial charge in [-0.05, 0) is 64.8 Å². The fourth-order valence-electron chi connectivity index (χ4n) is 4.71. The van der Waals surface area contributed by atoms with E-state index in [0.717, 1.165) is 29.9 Å². The minimum Gasteiger partial charge on any atom is -0.507 e. The molecule has 0 amide bonds. The van der Waals surface area contributed by atoms with Crippen LogP contribution in [0.4, 0.5) is 5.82 Å². The van der Waals surface area contributed by atoms with Gasteiger partial charge in [-0.3, -0.25) is 0 Å². The fraction of sp³-hybridized carbons (Fsp3) is 0.435. The average molecular weight is 407 g/mol. The number of benzene rings is 1. The molecule has 1 saturated heterocycles. The van der Waals surface area contributed by atoms with Crippen LogP contribution in [0.25, 0.3) is 22.5 Å². The zero-order valence-electron chi connectivity index (χ0n) is 18.3. The van der Waals surface area contributed by atoms with E-state index in [9.17, 15) is 5.11 Å². The van der Waals surface area contributed by atoms with Crippen molar-refractivity contribution in [2.45, 2.75) is 57.7 Å². The molecule has 30 heavy (non-hydrogen) atoms. The summed E-state index contributed by atoms with van der Waals surface area (Å²) in [4.78, 5) is 9.37. The van der Waals surface area contributed by atoms with Crippen LogP contribution in [-0.4, -0.2) is 49.4 Å². The van der Waals surface area contributed by atoms with Gasteiger partial charge >= 0.3 is 0 Å². The second-order valence-electron chi connectivity index (χ2n) is 9.53. The second kappa shape index (κ2) is 7.40. The maximum atomic E-state index is 10.5. The lowest BCUT2D eigenvalue weighted by Gasteiger charge is -2.49. The Bertz CT molecular complexity index is 995. The molecule has 158 valence electrons. The van der Waals surface area contributed by atoms with Crippen LogP contribution in [-0.2, 0) is 0 Å². The average Bonchev–Trinajstić information content (AvgIpc) is 3.20. The van der Waals surface area contributed by atoms with E-state index in [1.165, 1.54) is 0 Å². The number of piperidine rings is 1. The van der Waals surface area contributed by atoms with Gasteiger partial charge in [0.1, 0.15) is 5.75 Å². The number of aromatic amines is 1. The molecule has 0 unspecified atom stereocenters. The number of hydrogen-bond acceptors (Lipinski definition) is 6. The first-order valence-electron chi connectivity index (χ1n) is 10.3. The molecule has 1 aliphatic heterocycles. The maximum Gasteiger partial charge on any atom is 0.151 e. The number of aromatic hydroxyl groups is 1. The van der Waals surface area contributed by atoms with Crippen molar-refractivity contribution in [1.29, 1.82) is 0 Å². The maximum absolute atomic E-state index is 10.5. The van der Waals surface area contributed by atoms with Crippen LogP contribution in [0.5, 0.6) is 5.75 Å². The summed E-state index contributed by atoms with van der Waals surface area (Å²) in [6, 6.07) is 9.74. The molecule has 1 aromatic carbocycles. The predicted octanol–water partition coefficient (Wildman–Crippen LogP) is 3.98. The number of imidazole rings is 1. The number of phenols is 1. The summed E-state index contributed by atoms with van der Waals surface area (Å²) in [5.74, 6) is 0.998. The van der Waals surface area contributed by atoms with Crippen molar-refractivity contribution in [3.63, 3.8) is 0 Å². The topological polar surface area (TPSA) is 90.0 Å². The Morgan fingerprint density at radius 1 is 1.00 bits per heavy atom. The van der Waals surface area contributed by atoms with Crippen molar-refractivity contribution < 1.29 is 5.11 Å². The number of aromatic nitrogens is 4. The molecular weight excluding hydrogens is 376 g/mol. The number of H-pyrrole nitrogens is 1. The molecule has 3 heterocycles. The van der Waals surface area contributed by atoms with Crippen LogP contribution < -0.4 is 10.2 Å². The predicted molar refractivity (Wildman–Crippen MR) is 119 cm³/mol. The van der Waals surface area contributed by atoms with Gasteiger partial charge in [-0.25, -0.2) is 4.98 Å². The zero-order valence-corrected chi connectivity index (χ0v) is 18.3. The first kappa shape index (κ1) is 20.3. The van der Waals surface area contributed by atoms with Crippen molar-refractivity contribution in [3.8, 4) is 28.3 Å². The van der Waals surface area contributed by atoms with Gasteiger partial charge in [0.15, 0.2) is 5.82 Å². The summed E-state index contributed by atoms with van der Waals surface area (Å²) in [5.41, 5.74) is 3.06. The monoisotopic (exact) mass is 406 g/mol. The molecule has 0 bridgehead atoms. The highest BCUT2D eigenvalue weighted by Crippen LogP contribution is 2.34. The number of hydrogen-bond donors (Lipinski definition) is 3. The standard InChI is InChI=1S/C23H30N6O/c1-22(2)11-16(12-23(3,4)28-22)29(5)21-9-8-18(26-27-21)17-7-6-15(10-20(17)30)19-13-24-14-25-19/h6-10,13-14,16,28,30H,11-12H2,1-5H3,(H,24,25). The number of nitrogens with one attached hydrogen (secondary N) is 2. The lowest BCUT2D eigenvalue weighted by molar-refractivity contribution is 0.160. The third-order valence-electron chi connectivity index (χ3n) is 5.80. The molecule has 0 aliphatic carbocycles. The van der Waals surface area contributed by atoms with E-state index < -0.39 is 0 Å². The molecule has 7 nitrogen and oxygen atoms in total. The molecule has 1 aliphatic rings. The van der Waals surface area contributed by atoms with E-state index in [0.29, 0.717) is 17.3 Å². The highest BCUT2D eigenvalue weighted by molar-refractivity contribution is 5.72. The molecule has 1 fully saturated rings. The number of anilines is 1. The summed E-state index contributed by atoms with van der Waals surface area (Å²) < 4.78 is 0. The summed E-state index contributed by atoms with van der Waals surface area (Å²) in [5, 5.41) is 23.1. The van der Waals surface area contributed by atoms with Crippen molar-refractivity contribution in [1.82, 2.24) is 25.5 Å². The van der Waals surface area contributed by atoms with Crippen LogP contribution in [0.2, 0.25) is 0 Å². The van der Waals surface area contributed by atoms with Gasteiger partial charge in [0, 0.05) is 41.5 Å². The number of phenolic OH excluding ortho intramolecular Hbond substituents is 1. The van der Waals surface area contributed by atoms with E-state index in [-0.39, 0.29) is 16.8 Å². The zero-order chi connectivity index (χ0) is 21.5. The lowest BCUT2D eigenvalue weighted by atomic mass is 9.79. The van der Waals surface area contributed by atoms with E-state index in [1.54, 1.807) is 18.6 Å². The van der Waals surface area contributed by atoms with Crippen molar-refractivity contribution in [2.75, 3.05) is 11.9 Å². The molecule has 0 spiro atoms. The van der Waals surface area contributed by atoms with Gasteiger partial charge in [0.2, 0.25) is 0 Å². The van der Waals surface area contributed by atoms with Gasteiger partial charge in [0.25, 0.3) is 0 Å². The smallest absolute Gasteiger partial charge is 0.151 e. The summed E-state index contributed by atoms with van der Waals surface area (Å²) >= 11 is 0. The van der Waals surface area contributed by atoms with Crippen LogP contribution >= 0.6 is 0 Å². The molecule has 7 heteroatoms. The lowest BCUT2D eigenvalue weighted by Crippen LogP contribution is -2.62. The summed E-state index contributed by atoms with van der Waals surface area (Å²) in [7, 11) is 2.09. The molecule has 0 radical (unpaired) electrons. The van der Waals surface area contributed by atoms with E-state index in [4.69, 9.17) is 0 Å². The normalized spacial score (nSPS) is 18.3. The van der Waals surface area contributed by atoms with Crippen LogP contribution in [0.15, 0.2) is 42.9 Å². The third kappa shape index (κ3) is 4.16. The Morgan fingerprint density at radius 3 is 2.30 bits per heavy atom. The second-order valence-corrected chi connectivity index (χ2v) is 9.53. The first-order valence-corrected chi connectivity index (χ1v) is 10.3. The van der Waals surface area contributed by atoms with Gasteiger partial charge in [-0.2, -0.15) is 0 Å². The quantitative estimate of drug-likeness (QED) is 0.607. The van der Waals surface area contributed by atoms with E-state index in [1.807, 2.05) is 24.3 Å². The van der Waals surface area contributed by atoms with Crippen molar-refractivity contribution >= 4 is 5.82 Å². The Morgan fingerprint density at radius 2 is 1.73 bits per heavy atom. The Hall–Kier alpha value is -2.93. The molecule has 3 N–H and O–H groups in total. The van der Waals surface area contributed by atoms with Gasteiger partial charge < -0.3 is 20.3 Å². The minimum absolute atomic E-state index is 0.0654. The summed E-state index contributed by atoms with van der Waals surface area (Å²) in [6.45, 7) is 9.00. The van der Waals surface area contributed by atoms with Crippen molar-refractivity contribution in [2.24, 2.45) is 0 Å². The Balaban J connectivity index is 1.54.